The van der Waals surface area contributed by atoms with Crippen molar-refractivity contribution in [3.63, 3.8) is 0 Å². The van der Waals surface area contributed by atoms with E-state index in [0.717, 1.165) is 11.5 Å². The van der Waals surface area contributed by atoms with E-state index in [4.69, 9.17) is 11.5 Å². The van der Waals surface area contributed by atoms with Gasteiger partial charge in [-0.1, -0.05) is 0 Å². The molecular formula is C18H11F7N6S2. The first kappa shape index (κ1) is 24.3. The third-order valence-corrected chi connectivity index (χ3v) is 5.00. The second-order valence-corrected chi connectivity index (χ2v) is 7.86. The van der Waals surface area contributed by atoms with Crippen molar-refractivity contribution < 1.29 is 30.7 Å². The molecule has 2 aromatic heterocycles. The van der Waals surface area contributed by atoms with E-state index in [9.17, 15) is 30.7 Å². The van der Waals surface area contributed by atoms with Gasteiger partial charge in [-0.05, 0) is 36.8 Å². The minimum atomic E-state index is -4.92. The Labute approximate surface area is 189 Å². The molecule has 6 nitrogen and oxygen atoms in total. The first-order valence-electron chi connectivity index (χ1n) is 8.58. The van der Waals surface area contributed by atoms with Crippen LogP contribution in [0, 0.1) is 30.2 Å². The number of hydrogen-bond donors (Lipinski definition) is 2. The number of nitrogens with zero attached hydrogens (tertiary/aromatic N) is 4. The van der Waals surface area contributed by atoms with Crippen LogP contribution in [0.3, 0.4) is 0 Å². The second kappa shape index (κ2) is 9.27. The molecule has 0 aliphatic rings. The molecule has 4 N–H and O–H groups in total. The van der Waals surface area contributed by atoms with Gasteiger partial charge in [0, 0.05) is 23.1 Å². The van der Waals surface area contributed by atoms with Crippen molar-refractivity contribution in [3.8, 4) is 22.8 Å². The van der Waals surface area contributed by atoms with E-state index in [0.29, 0.717) is 29.2 Å². The zero-order valence-corrected chi connectivity index (χ0v) is 17.8. The molecule has 0 saturated carbocycles. The molecule has 174 valence electrons. The summed E-state index contributed by atoms with van der Waals surface area (Å²) in [4.78, 5) is 7.20. The Kier molecular flexibility index (Phi) is 6.83. The lowest BCUT2D eigenvalue weighted by Gasteiger charge is -2.10. The first-order chi connectivity index (χ1) is 15.4. The number of aryl methyl sites for hydroxylation is 1. The molecule has 4 aromatic rings. The highest BCUT2D eigenvalue weighted by atomic mass is 32.1. The van der Waals surface area contributed by atoms with Crippen LogP contribution in [0.15, 0.2) is 24.3 Å². The number of benzene rings is 2. The Morgan fingerprint density at radius 2 is 1.24 bits per heavy atom. The average Bonchev–Trinajstić information content (AvgIpc) is 3.29. The van der Waals surface area contributed by atoms with E-state index >= 15 is 0 Å². The maximum absolute atomic E-state index is 13.6. The molecule has 4 rings (SSSR count). The summed E-state index contributed by atoms with van der Waals surface area (Å²) in [5.41, 5.74) is 8.34. The number of hydrogen-bond acceptors (Lipinski definition) is 8. The maximum Gasteiger partial charge on any atom is 0.419 e. The first-order valence-corrected chi connectivity index (χ1v) is 10.1. The fraction of sp³-hybridized carbons (Fsp3) is 0.111. The minimum absolute atomic E-state index is 0.00694. The highest BCUT2D eigenvalue weighted by Crippen LogP contribution is 2.36. The van der Waals surface area contributed by atoms with Gasteiger partial charge in [-0.25, -0.2) is 17.6 Å². The lowest BCUT2D eigenvalue weighted by molar-refractivity contribution is -0.139. The standard InChI is InChI=1S/C9H4F5N3S.C9H7F2N3S/c10-4-2-1-3(9(12,13)14)6(11)5(4)7-16-8(15)18-17-7;1-4-2-5(10)7(6(11)3-4)8-13-9(12)15-14-8/h1-2H,(H2,15,16,17);2-3H,1H3,(H2,12,13,14). The molecule has 0 spiro atoms. The SMILES string of the molecule is Cc1cc(F)c(-c2nsc(N)n2)c(F)c1.Nc1nc(-c2c(F)ccc(C(F)(F)F)c2F)ns1. The van der Waals surface area contributed by atoms with Gasteiger partial charge in [0.05, 0.1) is 16.7 Å². The molecule has 0 aliphatic carbocycles. The van der Waals surface area contributed by atoms with Gasteiger partial charge in [0.2, 0.25) is 0 Å². The molecule has 0 atom stereocenters. The zero-order chi connectivity index (χ0) is 24.5. The van der Waals surface area contributed by atoms with E-state index in [-0.39, 0.29) is 21.7 Å². The Morgan fingerprint density at radius 3 is 1.67 bits per heavy atom. The molecule has 0 bridgehead atoms. The van der Waals surface area contributed by atoms with Crippen molar-refractivity contribution in [2.24, 2.45) is 0 Å². The number of alkyl halides is 3. The molecule has 0 radical (unpaired) electrons. The zero-order valence-electron chi connectivity index (χ0n) is 16.2. The maximum atomic E-state index is 13.6. The summed E-state index contributed by atoms with van der Waals surface area (Å²) in [6, 6.07) is 3.30. The number of nitrogen functional groups attached to an aromatic ring is 2. The molecule has 0 aliphatic heterocycles. The van der Waals surface area contributed by atoms with E-state index in [2.05, 4.69) is 18.7 Å². The number of aromatic nitrogens is 4. The monoisotopic (exact) mass is 508 g/mol. The quantitative estimate of drug-likeness (QED) is 0.349. The van der Waals surface area contributed by atoms with Gasteiger partial charge in [0.1, 0.15) is 23.3 Å². The van der Waals surface area contributed by atoms with Crippen LogP contribution < -0.4 is 11.5 Å². The van der Waals surface area contributed by atoms with Gasteiger partial charge < -0.3 is 11.5 Å². The van der Waals surface area contributed by atoms with Gasteiger partial charge in [0.25, 0.3) is 0 Å². The van der Waals surface area contributed by atoms with Gasteiger partial charge in [-0.3, -0.25) is 0 Å². The van der Waals surface area contributed by atoms with Crippen LogP contribution >= 0.6 is 23.1 Å². The topological polar surface area (TPSA) is 104 Å². The fourth-order valence-electron chi connectivity index (χ4n) is 2.56. The van der Waals surface area contributed by atoms with Gasteiger partial charge in [-0.2, -0.15) is 31.9 Å². The van der Waals surface area contributed by atoms with Crippen molar-refractivity contribution >= 4 is 33.3 Å². The van der Waals surface area contributed by atoms with Crippen LogP contribution in [0.5, 0.6) is 0 Å². The van der Waals surface area contributed by atoms with E-state index in [1.54, 1.807) is 6.92 Å². The normalized spacial score (nSPS) is 11.3. The molecular weight excluding hydrogens is 497 g/mol. The van der Waals surface area contributed by atoms with Gasteiger partial charge in [-0.15, -0.1) is 0 Å². The lowest BCUT2D eigenvalue weighted by Crippen LogP contribution is -2.10. The molecule has 0 saturated heterocycles. The smallest absolute Gasteiger partial charge is 0.374 e. The third kappa shape index (κ3) is 5.36. The van der Waals surface area contributed by atoms with Crippen molar-refractivity contribution in [2.75, 3.05) is 11.5 Å². The Hall–Kier alpha value is -3.33. The molecule has 0 unspecified atom stereocenters. The van der Waals surface area contributed by atoms with Gasteiger partial charge in [0.15, 0.2) is 21.9 Å². The largest absolute Gasteiger partial charge is 0.419 e. The number of anilines is 2. The summed E-state index contributed by atoms with van der Waals surface area (Å²) in [6.45, 7) is 1.61. The van der Waals surface area contributed by atoms with E-state index in [1.165, 1.54) is 12.1 Å². The average molecular weight is 508 g/mol. The molecule has 15 heteroatoms. The molecule has 2 heterocycles. The summed E-state index contributed by atoms with van der Waals surface area (Å²) in [6.07, 6.45) is -4.92. The number of nitrogens with two attached hydrogens (primary N) is 2. The summed E-state index contributed by atoms with van der Waals surface area (Å²) >= 11 is 1.54. The Morgan fingerprint density at radius 1 is 0.758 bits per heavy atom. The highest BCUT2D eigenvalue weighted by Gasteiger charge is 2.36. The van der Waals surface area contributed by atoms with Crippen molar-refractivity contribution in [1.82, 2.24) is 18.7 Å². The van der Waals surface area contributed by atoms with Crippen LogP contribution in [-0.2, 0) is 6.18 Å². The van der Waals surface area contributed by atoms with E-state index < -0.39 is 46.4 Å². The Balaban J connectivity index is 0.000000189. The van der Waals surface area contributed by atoms with Crippen LogP contribution in [0.1, 0.15) is 11.1 Å². The lowest BCUT2D eigenvalue weighted by atomic mass is 10.1. The summed E-state index contributed by atoms with van der Waals surface area (Å²) in [5, 5.41) is 0.0885. The predicted octanol–water partition coefficient (Wildman–Crippen LogP) is 5.46. The van der Waals surface area contributed by atoms with Crippen LogP contribution in [0.25, 0.3) is 22.8 Å². The highest BCUT2D eigenvalue weighted by molar-refractivity contribution is 7.09. The fourth-order valence-corrected chi connectivity index (χ4v) is 3.44. The summed E-state index contributed by atoms with van der Waals surface area (Å²) in [7, 11) is 0. The number of halogens is 7. The summed E-state index contributed by atoms with van der Waals surface area (Å²) in [5.74, 6) is -4.79. The second-order valence-electron chi connectivity index (χ2n) is 6.30. The van der Waals surface area contributed by atoms with Crippen LogP contribution in [-0.4, -0.2) is 18.7 Å². The number of rotatable bonds is 2. The van der Waals surface area contributed by atoms with E-state index in [1.807, 2.05) is 0 Å². The van der Waals surface area contributed by atoms with Crippen molar-refractivity contribution in [3.05, 3.63) is 58.7 Å². The van der Waals surface area contributed by atoms with Crippen LogP contribution in [0.2, 0.25) is 0 Å². The van der Waals surface area contributed by atoms with Crippen molar-refractivity contribution in [1.29, 1.82) is 0 Å². The van der Waals surface area contributed by atoms with Gasteiger partial charge >= 0.3 is 6.18 Å². The molecule has 2 aromatic carbocycles. The molecule has 33 heavy (non-hydrogen) atoms. The Bertz CT molecular complexity index is 1280. The predicted molar refractivity (Wildman–Crippen MR) is 109 cm³/mol. The van der Waals surface area contributed by atoms with Crippen LogP contribution in [0.4, 0.5) is 41.0 Å². The summed E-state index contributed by atoms with van der Waals surface area (Å²) < 4.78 is 98.6. The third-order valence-electron chi connectivity index (χ3n) is 3.91. The minimum Gasteiger partial charge on any atom is -0.374 e. The van der Waals surface area contributed by atoms with Crippen molar-refractivity contribution in [2.45, 2.75) is 13.1 Å². The molecule has 0 fully saturated rings. The molecule has 0 amide bonds.